The highest BCUT2D eigenvalue weighted by Gasteiger charge is 2.07. The lowest BCUT2D eigenvalue weighted by Crippen LogP contribution is -1.98. The molecule has 0 fully saturated rings. The largest absolute Gasteiger partial charge is 0.495 e. The molecular formula is C12H13ClN2O. The normalized spacial score (nSPS) is 10.4. The second-order valence-corrected chi connectivity index (χ2v) is 3.80. The van der Waals surface area contributed by atoms with E-state index in [-0.39, 0.29) is 0 Å². The number of fused-ring (bicyclic) bond motifs is 1. The quantitative estimate of drug-likeness (QED) is 0.888. The van der Waals surface area contributed by atoms with Crippen molar-refractivity contribution >= 4 is 28.2 Å². The van der Waals surface area contributed by atoms with Crippen LogP contribution < -0.4 is 10.1 Å². The molecule has 4 heteroatoms. The van der Waals surface area contributed by atoms with Crippen molar-refractivity contribution in [2.45, 2.75) is 6.92 Å². The van der Waals surface area contributed by atoms with Crippen molar-refractivity contribution in [3.63, 3.8) is 0 Å². The van der Waals surface area contributed by atoms with E-state index in [0.29, 0.717) is 10.8 Å². The summed E-state index contributed by atoms with van der Waals surface area (Å²) >= 11 is 6.09. The van der Waals surface area contributed by atoms with Gasteiger partial charge in [-0.3, -0.25) is 4.98 Å². The van der Waals surface area contributed by atoms with Crippen LogP contribution in [0.1, 0.15) is 6.92 Å². The third-order valence-electron chi connectivity index (χ3n) is 2.38. The highest BCUT2D eigenvalue weighted by atomic mass is 35.5. The summed E-state index contributed by atoms with van der Waals surface area (Å²) < 4.78 is 5.16. The van der Waals surface area contributed by atoms with Gasteiger partial charge in [-0.15, -0.1) is 0 Å². The van der Waals surface area contributed by atoms with Crippen LogP contribution in [0.15, 0.2) is 24.4 Å². The van der Waals surface area contributed by atoms with Gasteiger partial charge in [0.05, 0.1) is 17.6 Å². The monoisotopic (exact) mass is 236 g/mol. The highest BCUT2D eigenvalue weighted by molar-refractivity contribution is 6.33. The van der Waals surface area contributed by atoms with Crippen LogP contribution in [-0.2, 0) is 0 Å². The zero-order valence-electron chi connectivity index (χ0n) is 9.25. The number of ether oxygens (including phenoxy) is 1. The number of anilines is 1. The molecule has 0 radical (unpaired) electrons. The van der Waals surface area contributed by atoms with Gasteiger partial charge in [0.25, 0.3) is 0 Å². The predicted molar refractivity (Wildman–Crippen MR) is 67.5 cm³/mol. The molecule has 0 saturated heterocycles. The second-order valence-electron chi connectivity index (χ2n) is 3.39. The number of benzene rings is 1. The molecule has 1 N–H and O–H groups in total. The Morgan fingerprint density at radius 1 is 1.44 bits per heavy atom. The fourth-order valence-electron chi connectivity index (χ4n) is 1.65. The van der Waals surface area contributed by atoms with Crippen LogP contribution in [0.2, 0.25) is 5.02 Å². The minimum absolute atomic E-state index is 0.599. The third-order valence-corrected chi connectivity index (χ3v) is 2.68. The molecule has 2 aromatic rings. The Kier molecular flexibility index (Phi) is 3.15. The molecule has 0 aliphatic heterocycles. The number of nitrogens with zero attached hydrogens (tertiary/aromatic N) is 1. The molecule has 1 heterocycles. The van der Waals surface area contributed by atoms with Crippen molar-refractivity contribution in [1.29, 1.82) is 0 Å². The number of hydrogen-bond acceptors (Lipinski definition) is 3. The van der Waals surface area contributed by atoms with E-state index in [9.17, 15) is 0 Å². The summed E-state index contributed by atoms with van der Waals surface area (Å²) in [5.41, 5.74) is 1.91. The molecule has 0 aliphatic rings. The minimum Gasteiger partial charge on any atom is -0.495 e. The molecule has 2 rings (SSSR count). The lowest BCUT2D eigenvalue weighted by molar-refractivity contribution is 0.415. The maximum Gasteiger partial charge on any atom is 0.139 e. The Morgan fingerprint density at radius 2 is 2.25 bits per heavy atom. The Hall–Kier alpha value is -1.48. The zero-order chi connectivity index (χ0) is 11.5. The zero-order valence-corrected chi connectivity index (χ0v) is 10.0. The fourth-order valence-corrected chi connectivity index (χ4v) is 1.89. The molecule has 84 valence electrons. The van der Waals surface area contributed by atoms with Crippen LogP contribution in [0.4, 0.5) is 5.69 Å². The Bertz CT molecular complexity index is 514. The Labute approximate surface area is 99.4 Å². The first kappa shape index (κ1) is 11.0. The van der Waals surface area contributed by atoms with Crippen molar-refractivity contribution in [2.75, 3.05) is 19.0 Å². The van der Waals surface area contributed by atoms with Crippen LogP contribution in [0.25, 0.3) is 10.9 Å². The number of halogens is 1. The molecule has 0 unspecified atom stereocenters. The lowest BCUT2D eigenvalue weighted by Gasteiger charge is -2.09. The van der Waals surface area contributed by atoms with Crippen molar-refractivity contribution < 1.29 is 4.74 Å². The fraction of sp³-hybridized carbons (Fsp3) is 0.250. The molecule has 1 aromatic heterocycles. The molecule has 0 aliphatic carbocycles. The summed E-state index contributed by atoms with van der Waals surface area (Å²) in [6.45, 7) is 2.92. The van der Waals surface area contributed by atoms with Gasteiger partial charge in [-0.25, -0.2) is 0 Å². The van der Waals surface area contributed by atoms with Gasteiger partial charge in [-0.05, 0) is 19.1 Å². The van der Waals surface area contributed by atoms with E-state index in [1.807, 2.05) is 18.2 Å². The van der Waals surface area contributed by atoms with E-state index in [4.69, 9.17) is 16.3 Å². The summed E-state index contributed by atoms with van der Waals surface area (Å²) in [4.78, 5) is 4.30. The van der Waals surface area contributed by atoms with Gasteiger partial charge in [-0.1, -0.05) is 11.6 Å². The number of methoxy groups -OCH3 is 1. The number of nitrogens with one attached hydrogen (secondary N) is 1. The summed E-state index contributed by atoms with van der Waals surface area (Å²) in [5.74, 6) is 0.648. The van der Waals surface area contributed by atoms with Crippen molar-refractivity contribution in [2.24, 2.45) is 0 Å². The molecule has 0 bridgehead atoms. The number of aromatic nitrogens is 1. The van der Waals surface area contributed by atoms with Crippen LogP contribution in [0.5, 0.6) is 5.75 Å². The van der Waals surface area contributed by atoms with E-state index in [1.54, 1.807) is 13.3 Å². The standard InChI is InChI=1S/C12H13ClN2O/c1-3-14-10-4-5-15-11-7-12(16-2)9(13)6-8(10)11/h4-7H,3H2,1-2H3,(H,14,15). The predicted octanol–water partition coefficient (Wildman–Crippen LogP) is 3.33. The van der Waals surface area contributed by atoms with Crippen LogP contribution in [0.3, 0.4) is 0 Å². The number of pyridine rings is 1. The molecule has 16 heavy (non-hydrogen) atoms. The second kappa shape index (κ2) is 4.58. The highest BCUT2D eigenvalue weighted by Crippen LogP contribution is 2.32. The molecule has 0 atom stereocenters. The van der Waals surface area contributed by atoms with Gasteiger partial charge in [-0.2, -0.15) is 0 Å². The lowest BCUT2D eigenvalue weighted by atomic mass is 10.2. The minimum atomic E-state index is 0.599. The number of rotatable bonds is 3. The summed E-state index contributed by atoms with van der Waals surface area (Å²) in [7, 11) is 1.60. The first-order valence-corrected chi connectivity index (χ1v) is 5.50. The van der Waals surface area contributed by atoms with Crippen LogP contribution in [0, 0.1) is 0 Å². The molecular weight excluding hydrogens is 224 g/mol. The first-order valence-electron chi connectivity index (χ1n) is 5.12. The summed E-state index contributed by atoms with van der Waals surface area (Å²) in [5, 5.41) is 4.88. The van der Waals surface area contributed by atoms with Gasteiger partial charge in [0, 0.05) is 29.9 Å². The van der Waals surface area contributed by atoms with Gasteiger partial charge < -0.3 is 10.1 Å². The molecule has 0 saturated carbocycles. The average molecular weight is 237 g/mol. The van der Waals surface area contributed by atoms with Gasteiger partial charge in [0.15, 0.2) is 0 Å². The molecule has 0 amide bonds. The Morgan fingerprint density at radius 3 is 2.94 bits per heavy atom. The van der Waals surface area contributed by atoms with Gasteiger partial charge in [0.1, 0.15) is 5.75 Å². The summed E-state index contributed by atoms with van der Waals surface area (Å²) in [6.07, 6.45) is 1.77. The van der Waals surface area contributed by atoms with Gasteiger partial charge >= 0.3 is 0 Å². The van der Waals surface area contributed by atoms with E-state index in [2.05, 4.69) is 17.2 Å². The van der Waals surface area contributed by atoms with E-state index in [0.717, 1.165) is 23.1 Å². The van der Waals surface area contributed by atoms with Crippen molar-refractivity contribution in [1.82, 2.24) is 4.98 Å². The average Bonchev–Trinajstić information content (AvgIpc) is 2.29. The number of hydrogen-bond donors (Lipinski definition) is 1. The van der Waals surface area contributed by atoms with E-state index >= 15 is 0 Å². The Balaban J connectivity index is 2.64. The SMILES string of the molecule is CCNc1ccnc2cc(OC)c(Cl)cc12. The van der Waals surface area contributed by atoms with Crippen LogP contribution >= 0.6 is 11.6 Å². The van der Waals surface area contributed by atoms with E-state index < -0.39 is 0 Å². The summed E-state index contributed by atoms with van der Waals surface area (Å²) in [6, 6.07) is 5.66. The van der Waals surface area contributed by atoms with Gasteiger partial charge in [0.2, 0.25) is 0 Å². The first-order chi connectivity index (χ1) is 7.76. The molecule has 1 aromatic carbocycles. The van der Waals surface area contributed by atoms with E-state index in [1.165, 1.54) is 0 Å². The topological polar surface area (TPSA) is 34.2 Å². The van der Waals surface area contributed by atoms with Crippen LogP contribution in [-0.4, -0.2) is 18.6 Å². The smallest absolute Gasteiger partial charge is 0.139 e. The maximum absolute atomic E-state index is 6.09. The molecule has 3 nitrogen and oxygen atoms in total. The van der Waals surface area contributed by atoms with Crippen molar-refractivity contribution in [3.8, 4) is 5.75 Å². The third kappa shape index (κ3) is 1.91. The molecule has 0 spiro atoms. The van der Waals surface area contributed by atoms with Crippen molar-refractivity contribution in [3.05, 3.63) is 29.4 Å². The maximum atomic E-state index is 6.09.